The van der Waals surface area contributed by atoms with Gasteiger partial charge in [0, 0.05) is 51.2 Å². The third-order valence-electron chi connectivity index (χ3n) is 14.3. The van der Waals surface area contributed by atoms with Crippen molar-refractivity contribution in [3.8, 4) is 17.6 Å². The number of amides is 3. The van der Waals surface area contributed by atoms with Crippen LogP contribution >= 0.6 is 0 Å². The second kappa shape index (κ2) is 20.5. The third-order valence-corrected chi connectivity index (χ3v) is 14.3. The van der Waals surface area contributed by atoms with Crippen LogP contribution in [0, 0.1) is 17.8 Å². The van der Waals surface area contributed by atoms with E-state index in [1.54, 1.807) is 70.5 Å². The molecular weight excluding hydrogens is 943 g/mol. The highest BCUT2D eigenvalue weighted by Gasteiger charge is 2.76. The van der Waals surface area contributed by atoms with E-state index in [1.807, 2.05) is 94.7 Å². The molecule has 0 bridgehead atoms. The van der Waals surface area contributed by atoms with Gasteiger partial charge in [-0.05, 0) is 70.8 Å². The lowest BCUT2D eigenvalue weighted by Crippen LogP contribution is -2.59. The minimum Gasteiger partial charge on any atom is -0.491 e. The lowest BCUT2D eigenvalue weighted by atomic mass is 9.65. The van der Waals surface area contributed by atoms with Gasteiger partial charge in [-0.2, -0.15) is 0 Å². The smallest absolute Gasteiger partial charge is 0.421 e. The molecule has 2 aromatic heterocycles. The Kier molecular flexibility index (Phi) is 13.3. The summed E-state index contributed by atoms with van der Waals surface area (Å²) in [5.41, 5.74) is 2.41. The number of hydrogen-bond donors (Lipinski definition) is 1. The molecule has 1 N–H and O–H groups in total. The maximum absolute atomic E-state index is 16.6. The highest BCUT2D eigenvalue weighted by atomic mass is 16.6. The fourth-order valence-corrected chi connectivity index (χ4v) is 11.2. The first kappa shape index (κ1) is 47.8. The van der Waals surface area contributed by atoms with E-state index in [0.717, 1.165) is 16.0 Å². The standard InChI is InChI=1S/C56H51N9O9/c1-71-34-35-73-55(70)64-44-24-19-37(12-10-27-63-45-18-9-8-17-43(45)59-60-63)36-42(44)56(53(64)69)46(51(67)61-28-30-62(31-29-61)54-57-25-11-26-58-54)48-52(68)74-49(39-15-6-3-7-16-39)47(38-13-4-2-5-14-38)65(48)50(56)40-20-22-41(23-21-40)72-33-32-66/h2-9,11,13-26,36,46-50,66H,27-35H2,1H3/t46-,47-,48-,49+,50+,56-/m0/s1. The number of aliphatic hydroxyl groups is 1. The topological polar surface area (TPSA) is 195 Å². The summed E-state index contributed by atoms with van der Waals surface area (Å²) in [5, 5.41) is 18.3. The van der Waals surface area contributed by atoms with Crippen molar-refractivity contribution >= 4 is 46.5 Å². The Hall–Kier alpha value is -8.50. The summed E-state index contributed by atoms with van der Waals surface area (Å²) < 4.78 is 25.2. The number of piperazine rings is 1. The monoisotopic (exact) mass is 993 g/mol. The summed E-state index contributed by atoms with van der Waals surface area (Å²) in [5.74, 6) is 3.99. The van der Waals surface area contributed by atoms with Crippen LogP contribution in [0.25, 0.3) is 11.0 Å². The summed E-state index contributed by atoms with van der Waals surface area (Å²) in [6.45, 7) is 0.995. The van der Waals surface area contributed by atoms with Crippen molar-refractivity contribution in [2.45, 2.75) is 36.2 Å². The molecule has 0 unspecified atom stereocenters. The van der Waals surface area contributed by atoms with Crippen molar-refractivity contribution in [3.05, 3.63) is 174 Å². The fourth-order valence-electron chi connectivity index (χ4n) is 11.2. The molecule has 7 aromatic rings. The van der Waals surface area contributed by atoms with Gasteiger partial charge in [-0.1, -0.05) is 102 Å². The van der Waals surface area contributed by atoms with Crippen molar-refractivity contribution in [3.63, 3.8) is 0 Å². The van der Waals surface area contributed by atoms with Crippen molar-refractivity contribution in [2.24, 2.45) is 5.92 Å². The molecular formula is C56H51N9O9. The Bertz CT molecular complexity index is 3250. The molecule has 0 radical (unpaired) electrons. The molecule has 3 saturated heterocycles. The van der Waals surface area contributed by atoms with Crippen molar-refractivity contribution in [1.29, 1.82) is 0 Å². The Balaban J connectivity index is 1.15. The van der Waals surface area contributed by atoms with Gasteiger partial charge < -0.3 is 33.9 Å². The number of ether oxygens (including phenoxy) is 4. The minimum atomic E-state index is -2.04. The Morgan fingerprint density at radius 2 is 1.50 bits per heavy atom. The van der Waals surface area contributed by atoms with Gasteiger partial charge in [0.05, 0.1) is 42.4 Å². The molecule has 74 heavy (non-hydrogen) atoms. The lowest BCUT2D eigenvalue weighted by Gasteiger charge is -2.46. The molecule has 1 spiro atoms. The Morgan fingerprint density at radius 1 is 0.784 bits per heavy atom. The fraction of sp³-hybridized carbons (Fsp3) is 0.286. The van der Waals surface area contributed by atoms with E-state index in [9.17, 15) is 9.90 Å². The number of rotatable bonds is 12. The first-order valence-electron chi connectivity index (χ1n) is 24.5. The number of para-hydroxylation sites is 1. The normalized spacial score (nSPS) is 22.2. The molecule has 5 aromatic carbocycles. The van der Waals surface area contributed by atoms with Crippen LogP contribution < -0.4 is 14.5 Å². The molecule has 4 aliphatic rings. The number of esters is 1. The first-order valence-corrected chi connectivity index (χ1v) is 24.5. The van der Waals surface area contributed by atoms with Gasteiger partial charge in [0.2, 0.25) is 17.8 Å². The summed E-state index contributed by atoms with van der Waals surface area (Å²) in [4.78, 5) is 78.8. The molecule has 6 heterocycles. The second-order valence-corrected chi connectivity index (χ2v) is 18.3. The molecule has 18 heteroatoms. The maximum Gasteiger partial charge on any atom is 0.421 e. The zero-order chi connectivity index (χ0) is 50.8. The number of cyclic esters (lactones) is 1. The molecule has 3 fully saturated rings. The van der Waals surface area contributed by atoms with Gasteiger partial charge in [0.15, 0.2) is 0 Å². The van der Waals surface area contributed by atoms with E-state index in [4.69, 9.17) is 18.9 Å². The van der Waals surface area contributed by atoms with E-state index < -0.39 is 59.4 Å². The zero-order valence-corrected chi connectivity index (χ0v) is 40.3. The molecule has 3 amide bonds. The summed E-state index contributed by atoms with van der Waals surface area (Å²) in [6, 6.07) is 37.1. The van der Waals surface area contributed by atoms with Crippen LogP contribution in [0.4, 0.5) is 16.4 Å². The number of aliphatic hydroxyl groups excluding tert-OH is 1. The number of imide groups is 1. The number of hydrogen-bond acceptors (Lipinski definition) is 15. The van der Waals surface area contributed by atoms with Crippen molar-refractivity contribution < 1.29 is 43.2 Å². The van der Waals surface area contributed by atoms with E-state index in [0.29, 0.717) is 52.6 Å². The average Bonchev–Trinajstić information content (AvgIpc) is 4.14. The van der Waals surface area contributed by atoms with Crippen LogP contribution in [-0.4, -0.2) is 130 Å². The lowest BCUT2D eigenvalue weighted by molar-refractivity contribution is -0.179. The number of benzene rings is 5. The van der Waals surface area contributed by atoms with Gasteiger partial charge in [0.25, 0.3) is 0 Å². The largest absolute Gasteiger partial charge is 0.491 e. The summed E-state index contributed by atoms with van der Waals surface area (Å²) in [7, 11) is 1.47. The summed E-state index contributed by atoms with van der Waals surface area (Å²) in [6.07, 6.45) is 1.42. The van der Waals surface area contributed by atoms with Crippen LogP contribution in [0.5, 0.6) is 5.75 Å². The molecule has 0 aliphatic carbocycles. The number of aromatic nitrogens is 5. The average molecular weight is 994 g/mol. The number of fused-ring (bicyclic) bond motifs is 4. The van der Waals surface area contributed by atoms with E-state index in [-0.39, 0.29) is 51.7 Å². The third kappa shape index (κ3) is 8.43. The predicted molar refractivity (Wildman–Crippen MR) is 269 cm³/mol. The number of carbonyl (C=O) groups is 4. The van der Waals surface area contributed by atoms with Crippen molar-refractivity contribution in [2.75, 3.05) is 69.5 Å². The van der Waals surface area contributed by atoms with Gasteiger partial charge in [-0.3, -0.25) is 19.3 Å². The number of anilines is 2. The van der Waals surface area contributed by atoms with Crippen LogP contribution in [-0.2, 0) is 40.6 Å². The molecule has 4 aliphatic heterocycles. The van der Waals surface area contributed by atoms with Crippen LogP contribution in [0.15, 0.2) is 146 Å². The SMILES string of the molecule is COCCOC(=O)N1C(=O)[C@@]2(c3cc(C#CCn4nnc5ccccc54)ccc31)[C@H](C(=O)N1CCN(c3ncccn3)CC1)[C@H]1C(=O)O[C@H](c3ccccc3)[C@H](c3ccccc3)N1[C@@H]2c1ccc(OCCO)cc1. The van der Waals surface area contributed by atoms with Crippen LogP contribution in [0.3, 0.4) is 0 Å². The van der Waals surface area contributed by atoms with E-state index in [2.05, 4.69) is 32.1 Å². The molecule has 0 saturated carbocycles. The number of carbonyl (C=O) groups excluding carboxylic acids is 4. The number of methoxy groups -OCH3 is 1. The van der Waals surface area contributed by atoms with E-state index >= 15 is 14.4 Å². The second-order valence-electron chi connectivity index (χ2n) is 18.3. The van der Waals surface area contributed by atoms with Gasteiger partial charge in [-0.15, -0.1) is 5.10 Å². The summed E-state index contributed by atoms with van der Waals surface area (Å²) >= 11 is 0. The Morgan fingerprint density at radius 3 is 2.23 bits per heavy atom. The Labute approximate surface area is 426 Å². The quantitative estimate of drug-likeness (QED) is 0.0923. The molecule has 374 valence electrons. The van der Waals surface area contributed by atoms with Gasteiger partial charge in [0.1, 0.15) is 48.6 Å². The van der Waals surface area contributed by atoms with E-state index in [1.165, 1.54) is 7.11 Å². The number of nitrogens with zero attached hydrogens (tertiary/aromatic N) is 9. The molecule has 11 rings (SSSR count). The van der Waals surface area contributed by atoms with Crippen LogP contribution in [0.1, 0.15) is 46.0 Å². The van der Waals surface area contributed by atoms with Gasteiger partial charge in [-0.25, -0.2) is 24.3 Å². The highest BCUT2D eigenvalue weighted by molar-refractivity contribution is 6.23. The number of morpholine rings is 1. The van der Waals surface area contributed by atoms with Gasteiger partial charge >= 0.3 is 12.1 Å². The van der Waals surface area contributed by atoms with Crippen molar-refractivity contribution in [1.82, 2.24) is 34.8 Å². The maximum atomic E-state index is 16.6. The first-order chi connectivity index (χ1) is 36.3. The minimum absolute atomic E-state index is 0.0325. The molecule has 18 nitrogen and oxygen atoms in total. The molecule has 6 atom stereocenters. The zero-order valence-electron chi connectivity index (χ0n) is 40.3. The highest BCUT2D eigenvalue weighted by Crippen LogP contribution is 2.66. The predicted octanol–water partition coefficient (Wildman–Crippen LogP) is 5.44. The van der Waals surface area contributed by atoms with Crippen LogP contribution in [0.2, 0.25) is 0 Å².